The molecule has 1 aliphatic heterocycles. The van der Waals surface area contributed by atoms with Crippen molar-refractivity contribution in [2.75, 3.05) is 18.4 Å². The monoisotopic (exact) mass is 472 g/mol. The second-order valence-corrected chi connectivity index (χ2v) is 8.43. The molecule has 156 valence electrons. The number of nitrogens with zero attached hydrogens (tertiary/aromatic N) is 3. The van der Waals surface area contributed by atoms with Crippen molar-refractivity contribution in [2.24, 2.45) is 5.92 Å². The summed E-state index contributed by atoms with van der Waals surface area (Å²) in [6.45, 7) is 3.90. The molecule has 0 radical (unpaired) electrons. The molecule has 2 aromatic carbocycles. The molecule has 2 heterocycles. The number of nitrogens with one attached hydrogen (secondary N) is 1. The number of piperidine rings is 1. The van der Waals surface area contributed by atoms with Gasteiger partial charge in [-0.1, -0.05) is 45.4 Å². The first-order valence-electron chi connectivity index (χ1n) is 9.86. The van der Waals surface area contributed by atoms with E-state index in [9.17, 15) is 9.18 Å². The van der Waals surface area contributed by atoms with Crippen LogP contribution < -0.4 is 5.32 Å². The first-order chi connectivity index (χ1) is 14.5. The minimum atomic E-state index is -0.458. The molecule has 3 aromatic rings. The highest BCUT2D eigenvalue weighted by molar-refractivity contribution is 9.10. The lowest BCUT2D eigenvalue weighted by molar-refractivity contribution is -0.121. The Morgan fingerprint density at radius 1 is 1.33 bits per heavy atom. The van der Waals surface area contributed by atoms with Gasteiger partial charge in [0.1, 0.15) is 5.82 Å². The Kier molecular flexibility index (Phi) is 6.24. The van der Waals surface area contributed by atoms with Crippen LogP contribution >= 0.6 is 15.9 Å². The summed E-state index contributed by atoms with van der Waals surface area (Å²) in [4.78, 5) is 19.3. The maximum Gasteiger partial charge on any atom is 0.241 e. The van der Waals surface area contributed by atoms with E-state index in [4.69, 9.17) is 4.52 Å². The van der Waals surface area contributed by atoms with Crippen molar-refractivity contribution >= 4 is 27.5 Å². The van der Waals surface area contributed by atoms with Crippen molar-refractivity contribution < 1.29 is 13.7 Å². The first-order valence-corrected chi connectivity index (χ1v) is 10.7. The Morgan fingerprint density at radius 2 is 2.17 bits per heavy atom. The normalized spacial score (nSPS) is 17.1. The Morgan fingerprint density at radius 3 is 2.97 bits per heavy atom. The summed E-state index contributed by atoms with van der Waals surface area (Å²) >= 11 is 3.22. The lowest BCUT2D eigenvalue weighted by atomic mass is 9.97. The van der Waals surface area contributed by atoms with E-state index >= 15 is 0 Å². The van der Waals surface area contributed by atoms with Gasteiger partial charge in [-0.3, -0.25) is 9.69 Å². The molecular weight excluding hydrogens is 451 g/mol. The number of hydrogen-bond donors (Lipinski definition) is 1. The van der Waals surface area contributed by atoms with Crippen LogP contribution in [0, 0.1) is 18.7 Å². The van der Waals surface area contributed by atoms with Crippen molar-refractivity contribution in [1.29, 1.82) is 0 Å². The van der Waals surface area contributed by atoms with Gasteiger partial charge in [0.25, 0.3) is 0 Å². The Bertz CT molecular complexity index is 1060. The fourth-order valence-corrected chi connectivity index (χ4v) is 4.02. The lowest BCUT2D eigenvalue weighted by Gasteiger charge is -2.30. The average molecular weight is 473 g/mol. The molecule has 1 fully saturated rings. The molecule has 30 heavy (non-hydrogen) atoms. The molecule has 4 rings (SSSR count). The number of halogens is 2. The van der Waals surface area contributed by atoms with Gasteiger partial charge in [-0.25, -0.2) is 4.39 Å². The summed E-state index contributed by atoms with van der Waals surface area (Å²) in [5.74, 6) is 0.237. The molecule has 6 nitrogen and oxygen atoms in total. The number of likely N-dealkylation sites (tertiary alicyclic amines) is 1. The number of benzene rings is 2. The van der Waals surface area contributed by atoms with E-state index in [-0.39, 0.29) is 17.5 Å². The molecule has 1 N–H and O–H groups in total. The SMILES string of the molecule is Cc1ccccc1-c1noc(CN2CCCC(C(=O)Nc3ccc(Br)cc3F)C2)n1. The largest absolute Gasteiger partial charge is 0.338 e. The third-order valence-corrected chi connectivity index (χ3v) is 5.77. The van der Waals surface area contributed by atoms with E-state index in [1.807, 2.05) is 31.2 Å². The Labute approximate surface area is 182 Å². The van der Waals surface area contributed by atoms with E-state index in [1.165, 1.54) is 6.07 Å². The maximum absolute atomic E-state index is 14.0. The molecule has 1 unspecified atom stereocenters. The third-order valence-electron chi connectivity index (χ3n) is 5.28. The van der Waals surface area contributed by atoms with Gasteiger partial charge in [0.15, 0.2) is 0 Å². The number of rotatable bonds is 5. The summed E-state index contributed by atoms with van der Waals surface area (Å²) in [5.41, 5.74) is 2.22. The quantitative estimate of drug-likeness (QED) is 0.577. The minimum Gasteiger partial charge on any atom is -0.338 e. The fraction of sp³-hybridized carbons (Fsp3) is 0.318. The molecule has 1 saturated heterocycles. The van der Waals surface area contributed by atoms with Crippen molar-refractivity contribution in [2.45, 2.75) is 26.3 Å². The van der Waals surface area contributed by atoms with Crippen LogP contribution in [0.25, 0.3) is 11.4 Å². The van der Waals surface area contributed by atoms with Gasteiger partial charge in [0.2, 0.25) is 17.6 Å². The molecule has 1 amide bonds. The van der Waals surface area contributed by atoms with Gasteiger partial charge >= 0.3 is 0 Å². The third kappa shape index (κ3) is 4.76. The van der Waals surface area contributed by atoms with Crippen LogP contribution in [0.15, 0.2) is 51.5 Å². The molecule has 0 spiro atoms. The fourth-order valence-electron chi connectivity index (χ4n) is 3.68. The smallest absolute Gasteiger partial charge is 0.241 e. The van der Waals surface area contributed by atoms with Gasteiger partial charge in [0, 0.05) is 16.6 Å². The van der Waals surface area contributed by atoms with Gasteiger partial charge in [-0.15, -0.1) is 0 Å². The maximum atomic E-state index is 14.0. The average Bonchev–Trinajstić information content (AvgIpc) is 3.19. The van der Waals surface area contributed by atoms with Crippen LogP contribution in [0.5, 0.6) is 0 Å². The van der Waals surface area contributed by atoms with Crippen LogP contribution in [0.2, 0.25) is 0 Å². The van der Waals surface area contributed by atoms with Gasteiger partial charge in [-0.2, -0.15) is 4.98 Å². The molecule has 8 heteroatoms. The molecule has 1 atom stereocenters. The molecule has 1 aliphatic rings. The summed E-state index contributed by atoms with van der Waals surface area (Å²) in [6.07, 6.45) is 1.64. The summed E-state index contributed by atoms with van der Waals surface area (Å²) in [6, 6.07) is 12.5. The molecule has 0 saturated carbocycles. The highest BCUT2D eigenvalue weighted by Gasteiger charge is 2.27. The second-order valence-electron chi connectivity index (χ2n) is 7.51. The summed E-state index contributed by atoms with van der Waals surface area (Å²) < 4.78 is 20.1. The number of anilines is 1. The predicted octanol–water partition coefficient (Wildman–Crippen LogP) is 4.80. The zero-order chi connectivity index (χ0) is 21.1. The number of aryl methyl sites for hydroxylation is 1. The van der Waals surface area contributed by atoms with Gasteiger partial charge < -0.3 is 9.84 Å². The van der Waals surface area contributed by atoms with Gasteiger partial charge in [0.05, 0.1) is 18.2 Å². The molecule has 1 aromatic heterocycles. The highest BCUT2D eigenvalue weighted by atomic mass is 79.9. The van der Waals surface area contributed by atoms with Gasteiger partial charge in [-0.05, 0) is 50.1 Å². The minimum absolute atomic E-state index is 0.174. The Hall–Kier alpha value is -2.58. The number of carbonyl (C=O) groups is 1. The zero-order valence-electron chi connectivity index (χ0n) is 16.6. The lowest BCUT2D eigenvalue weighted by Crippen LogP contribution is -2.40. The van der Waals surface area contributed by atoms with Crippen molar-refractivity contribution in [1.82, 2.24) is 15.0 Å². The van der Waals surface area contributed by atoms with Crippen molar-refractivity contribution in [3.05, 3.63) is 64.2 Å². The van der Waals surface area contributed by atoms with Crippen LogP contribution in [0.4, 0.5) is 10.1 Å². The number of carbonyl (C=O) groups excluding carboxylic acids is 1. The summed E-state index contributed by atoms with van der Waals surface area (Å²) in [5, 5.41) is 6.81. The van der Waals surface area contributed by atoms with Crippen LogP contribution in [0.3, 0.4) is 0 Å². The molecular formula is C22H22BrFN4O2. The number of hydrogen-bond acceptors (Lipinski definition) is 5. The molecule has 0 bridgehead atoms. The van der Waals surface area contributed by atoms with Crippen LogP contribution in [-0.2, 0) is 11.3 Å². The summed E-state index contributed by atoms with van der Waals surface area (Å²) in [7, 11) is 0. The van der Waals surface area contributed by atoms with Crippen LogP contribution in [-0.4, -0.2) is 34.0 Å². The highest BCUT2D eigenvalue weighted by Crippen LogP contribution is 2.24. The van der Waals surface area contributed by atoms with E-state index in [0.29, 0.717) is 29.3 Å². The van der Waals surface area contributed by atoms with E-state index < -0.39 is 5.82 Å². The van der Waals surface area contributed by atoms with E-state index in [0.717, 1.165) is 30.5 Å². The zero-order valence-corrected chi connectivity index (χ0v) is 18.2. The van der Waals surface area contributed by atoms with E-state index in [2.05, 4.69) is 36.3 Å². The van der Waals surface area contributed by atoms with E-state index in [1.54, 1.807) is 12.1 Å². The molecule has 0 aliphatic carbocycles. The first kappa shape index (κ1) is 20.7. The topological polar surface area (TPSA) is 71.3 Å². The second kappa shape index (κ2) is 9.06. The van der Waals surface area contributed by atoms with Crippen molar-refractivity contribution in [3.63, 3.8) is 0 Å². The number of amides is 1. The Balaban J connectivity index is 1.38. The standard InChI is InChI=1S/C22H22BrFN4O2/c1-14-5-2-3-7-17(14)21-26-20(30-27-21)13-28-10-4-6-15(12-28)22(29)25-19-9-8-16(23)11-18(19)24/h2-3,5,7-9,11,15H,4,6,10,12-13H2,1H3,(H,25,29). The number of aromatic nitrogens is 2. The van der Waals surface area contributed by atoms with Crippen molar-refractivity contribution in [3.8, 4) is 11.4 Å². The predicted molar refractivity (Wildman–Crippen MR) is 115 cm³/mol. The van der Waals surface area contributed by atoms with Crippen LogP contribution in [0.1, 0.15) is 24.3 Å².